The Morgan fingerprint density at radius 2 is 2.00 bits per heavy atom. The minimum Gasteiger partial charge on any atom is -0.462 e. The van der Waals surface area contributed by atoms with Gasteiger partial charge in [0, 0.05) is 16.1 Å². The number of hydrazine groups is 1. The molecule has 5 nitrogen and oxygen atoms in total. The van der Waals surface area contributed by atoms with E-state index in [-0.39, 0.29) is 10.2 Å². The van der Waals surface area contributed by atoms with Crippen molar-refractivity contribution in [2.75, 3.05) is 0 Å². The lowest BCUT2D eigenvalue weighted by atomic mass is 10.2. The Bertz CT molecular complexity index is 858. The van der Waals surface area contributed by atoms with Crippen LogP contribution < -0.4 is 5.43 Å². The summed E-state index contributed by atoms with van der Waals surface area (Å²) in [6.45, 7) is 1.82. The fourth-order valence-electron chi connectivity index (χ4n) is 1.99. The number of carbonyl (C=O) groups excluding carboxylic acids is 2. The number of rotatable bonds is 3. The molecule has 3 rings (SSSR count). The van der Waals surface area contributed by atoms with E-state index in [1.54, 1.807) is 36.4 Å². The number of amides is 2. The van der Waals surface area contributed by atoms with Gasteiger partial charge in [0.2, 0.25) is 0 Å². The molecule has 2 amide bonds. The molecule has 0 atom stereocenters. The van der Waals surface area contributed by atoms with Crippen LogP contribution in [0.1, 0.15) is 21.9 Å². The Morgan fingerprint density at radius 3 is 2.62 bits per heavy atom. The number of hydrogen-bond acceptors (Lipinski definition) is 5. The molecule has 1 N–H and O–H groups in total. The molecule has 0 saturated carbocycles. The van der Waals surface area contributed by atoms with Crippen molar-refractivity contribution < 1.29 is 14.0 Å². The van der Waals surface area contributed by atoms with Crippen molar-refractivity contribution in [3.8, 4) is 0 Å². The number of furan rings is 1. The number of aryl methyl sites for hydroxylation is 1. The lowest BCUT2D eigenvalue weighted by Crippen LogP contribution is -2.44. The second-order valence-electron chi connectivity index (χ2n) is 4.91. The van der Waals surface area contributed by atoms with Gasteiger partial charge in [0.15, 0.2) is 4.32 Å². The topological polar surface area (TPSA) is 62.6 Å². The molecule has 0 unspecified atom stereocenters. The van der Waals surface area contributed by atoms with Crippen molar-refractivity contribution in [1.29, 1.82) is 0 Å². The molecular formula is C16H11BrN2O3S2. The Balaban J connectivity index is 1.76. The van der Waals surface area contributed by atoms with Crippen LogP contribution in [-0.2, 0) is 4.79 Å². The minimum absolute atomic E-state index is 0.264. The smallest absolute Gasteiger partial charge is 0.285 e. The highest BCUT2D eigenvalue weighted by atomic mass is 79.9. The van der Waals surface area contributed by atoms with Gasteiger partial charge in [-0.1, -0.05) is 27.7 Å². The Labute approximate surface area is 156 Å². The highest BCUT2D eigenvalue weighted by Crippen LogP contribution is 2.31. The zero-order valence-electron chi connectivity index (χ0n) is 12.4. The SMILES string of the molecule is Cc1ccc(/C=C2\SC(=S)N(NC(=O)c3ccc(Br)cc3)C2=O)o1. The summed E-state index contributed by atoms with van der Waals surface area (Å²) in [5, 5.41) is 1.08. The molecule has 1 aliphatic rings. The molecule has 122 valence electrons. The second kappa shape index (κ2) is 6.92. The number of benzene rings is 1. The Morgan fingerprint density at radius 1 is 1.29 bits per heavy atom. The van der Waals surface area contributed by atoms with Crippen molar-refractivity contribution in [2.24, 2.45) is 0 Å². The molecule has 0 bridgehead atoms. The highest BCUT2D eigenvalue weighted by molar-refractivity contribution is 9.10. The second-order valence-corrected chi connectivity index (χ2v) is 7.50. The summed E-state index contributed by atoms with van der Waals surface area (Å²) in [6, 6.07) is 10.4. The number of thioether (sulfide) groups is 1. The summed E-state index contributed by atoms with van der Waals surface area (Å²) >= 11 is 9.60. The standard InChI is InChI=1S/C16H11BrN2O3S2/c1-9-2-7-12(22-9)8-13-15(21)19(16(23)24-13)18-14(20)10-3-5-11(17)6-4-10/h2-8H,1H3,(H,18,20)/b13-8-. The van der Waals surface area contributed by atoms with Gasteiger partial charge in [-0.05, 0) is 55.5 Å². The maximum atomic E-state index is 12.4. The molecule has 0 aliphatic carbocycles. The summed E-state index contributed by atoms with van der Waals surface area (Å²) < 4.78 is 6.56. The van der Waals surface area contributed by atoms with E-state index in [4.69, 9.17) is 16.6 Å². The van der Waals surface area contributed by atoms with Crippen molar-refractivity contribution in [3.63, 3.8) is 0 Å². The maximum absolute atomic E-state index is 12.4. The van der Waals surface area contributed by atoms with Gasteiger partial charge < -0.3 is 4.42 Å². The zero-order chi connectivity index (χ0) is 17.3. The fourth-order valence-corrected chi connectivity index (χ4v) is 3.42. The van der Waals surface area contributed by atoms with Crippen LogP contribution in [0.4, 0.5) is 0 Å². The van der Waals surface area contributed by atoms with E-state index in [0.717, 1.165) is 27.0 Å². The molecule has 24 heavy (non-hydrogen) atoms. The number of hydrogen-bond donors (Lipinski definition) is 1. The number of thiocarbonyl (C=S) groups is 1. The van der Waals surface area contributed by atoms with E-state index in [1.165, 1.54) is 0 Å². The predicted molar refractivity (Wildman–Crippen MR) is 100 cm³/mol. The lowest BCUT2D eigenvalue weighted by molar-refractivity contribution is -0.123. The van der Waals surface area contributed by atoms with Crippen LogP contribution in [0.3, 0.4) is 0 Å². The van der Waals surface area contributed by atoms with E-state index in [9.17, 15) is 9.59 Å². The molecule has 2 heterocycles. The van der Waals surface area contributed by atoms with Gasteiger partial charge >= 0.3 is 0 Å². The summed E-state index contributed by atoms with van der Waals surface area (Å²) in [5.74, 6) is 0.519. The third-order valence-electron chi connectivity index (χ3n) is 3.15. The minimum atomic E-state index is -0.408. The molecule has 1 aromatic carbocycles. The number of nitrogens with one attached hydrogen (secondary N) is 1. The van der Waals surface area contributed by atoms with Crippen LogP contribution in [0.2, 0.25) is 0 Å². The third kappa shape index (κ3) is 3.61. The highest BCUT2D eigenvalue weighted by Gasteiger charge is 2.34. The van der Waals surface area contributed by atoms with Gasteiger partial charge in [-0.3, -0.25) is 15.0 Å². The van der Waals surface area contributed by atoms with Crippen molar-refractivity contribution in [3.05, 3.63) is 62.9 Å². The summed E-state index contributed by atoms with van der Waals surface area (Å²) in [4.78, 5) is 25.1. The van der Waals surface area contributed by atoms with Crippen molar-refractivity contribution >= 4 is 62.1 Å². The first kappa shape index (κ1) is 16.9. The van der Waals surface area contributed by atoms with E-state index in [1.807, 2.05) is 13.0 Å². The molecule has 0 spiro atoms. The number of halogens is 1. The van der Waals surface area contributed by atoms with Crippen molar-refractivity contribution in [1.82, 2.24) is 10.4 Å². The Kier molecular flexibility index (Phi) is 4.88. The zero-order valence-corrected chi connectivity index (χ0v) is 15.6. The quantitative estimate of drug-likeness (QED) is 0.600. The molecule has 2 aromatic rings. The van der Waals surface area contributed by atoms with E-state index < -0.39 is 5.91 Å². The summed E-state index contributed by atoms with van der Waals surface area (Å²) in [6.07, 6.45) is 1.61. The average Bonchev–Trinajstić information content (AvgIpc) is 3.06. The summed E-state index contributed by atoms with van der Waals surface area (Å²) in [5.41, 5.74) is 2.96. The van der Waals surface area contributed by atoms with E-state index in [2.05, 4.69) is 21.4 Å². The average molecular weight is 423 g/mol. The van der Waals surface area contributed by atoms with E-state index >= 15 is 0 Å². The number of nitrogens with zero attached hydrogens (tertiary/aromatic N) is 1. The monoisotopic (exact) mass is 422 g/mol. The molecule has 1 aliphatic heterocycles. The van der Waals surface area contributed by atoms with Crippen LogP contribution in [-0.4, -0.2) is 21.1 Å². The summed E-state index contributed by atoms with van der Waals surface area (Å²) in [7, 11) is 0. The van der Waals surface area contributed by atoms with Gasteiger partial charge in [0.25, 0.3) is 11.8 Å². The van der Waals surface area contributed by atoms with Gasteiger partial charge in [-0.2, -0.15) is 5.01 Å². The molecule has 0 radical (unpaired) electrons. The molecule has 8 heteroatoms. The molecule has 1 aromatic heterocycles. The molecule has 1 saturated heterocycles. The largest absolute Gasteiger partial charge is 0.462 e. The Hall–Kier alpha value is -1.90. The third-order valence-corrected chi connectivity index (χ3v) is 4.98. The first-order valence-corrected chi connectivity index (χ1v) is 8.87. The maximum Gasteiger partial charge on any atom is 0.285 e. The first-order valence-electron chi connectivity index (χ1n) is 6.85. The lowest BCUT2D eigenvalue weighted by Gasteiger charge is -2.15. The van der Waals surface area contributed by atoms with Crippen LogP contribution in [0, 0.1) is 6.92 Å². The van der Waals surface area contributed by atoms with Gasteiger partial charge in [0.1, 0.15) is 11.5 Å². The van der Waals surface area contributed by atoms with Crippen LogP contribution in [0.15, 0.2) is 50.2 Å². The van der Waals surface area contributed by atoms with Crippen LogP contribution in [0.5, 0.6) is 0 Å². The van der Waals surface area contributed by atoms with Gasteiger partial charge in [-0.25, -0.2) is 0 Å². The fraction of sp³-hybridized carbons (Fsp3) is 0.0625. The van der Waals surface area contributed by atoms with Crippen LogP contribution in [0.25, 0.3) is 6.08 Å². The van der Waals surface area contributed by atoms with Gasteiger partial charge in [0.05, 0.1) is 4.91 Å². The van der Waals surface area contributed by atoms with Crippen LogP contribution >= 0.6 is 39.9 Å². The number of carbonyl (C=O) groups is 2. The van der Waals surface area contributed by atoms with Crippen molar-refractivity contribution in [2.45, 2.75) is 6.92 Å². The predicted octanol–water partition coefficient (Wildman–Crippen LogP) is 3.90. The molecular weight excluding hydrogens is 412 g/mol. The molecule has 1 fully saturated rings. The normalized spacial score (nSPS) is 16.1. The first-order chi connectivity index (χ1) is 11.4. The van der Waals surface area contributed by atoms with Gasteiger partial charge in [-0.15, -0.1) is 0 Å². The van der Waals surface area contributed by atoms with E-state index in [0.29, 0.717) is 16.2 Å².